The monoisotopic (exact) mass is 499 g/mol. The molecule has 1 amide bonds. The molecular weight excluding hydrogens is 470 g/mol. The molecule has 1 aromatic heterocycles. The summed E-state index contributed by atoms with van der Waals surface area (Å²) in [6.07, 6.45) is 1.80. The van der Waals surface area contributed by atoms with Gasteiger partial charge in [0.2, 0.25) is 0 Å². The molecule has 1 N–H and O–H groups in total. The van der Waals surface area contributed by atoms with Crippen molar-refractivity contribution < 1.29 is 9.53 Å². The molecule has 7 heteroatoms. The molecule has 0 radical (unpaired) electrons. The lowest BCUT2D eigenvalue weighted by atomic mass is 10.1. The van der Waals surface area contributed by atoms with Crippen molar-refractivity contribution in [2.75, 3.05) is 13.7 Å². The number of aromatic nitrogens is 2. The number of methoxy groups -OCH3 is 1. The Morgan fingerprint density at radius 2 is 1.92 bits per heavy atom. The first-order valence-corrected chi connectivity index (χ1v) is 12.7. The summed E-state index contributed by atoms with van der Waals surface area (Å²) < 4.78 is 6.98. The van der Waals surface area contributed by atoms with E-state index in [1.165, 1.54) is 11.8 Å². The Kier molecular flexibility index (Phi) is 7.90. The Bertz CT molecular complexity index is 1460. The fourth-order valence-electron chi connectivity index (χ4n) is 3.68. The molecule has 0 aliphatic heterocycles. The summed E-state index contributed by atoms with van der Waals surface area (Å²) in [4.78, 5) is 31.2. The Balaban J connectivity index is 1.78. The van der Waals surface area contributed by atoms with Crippen LogP contribution in [0.2, 0.25) is 0 Å². The number of hydrogen-bond donors (Lipinski definition) is 1. The summed E-state index contributed by atoms with van der Waals surface area (Å²) in [5.74, 6) is 1.42. The van der Waals surface area contributed by atoms with Crippen LogP contribution in [0.25, 0.3) is 22.7 Å². The second-order valence-electron chi connectivity index (χ2n) is 8.81. The maximum Gasteiger partial charge on any atom is 0.266 e. The van der Waals surface area contributed by atoms with Gasteiger partial charge in [0, 0.05) is 23.9 Å². The summed E-state index contributed by atoms with van der Waals surface area (Å²) in [7, 11) is 1.59. The molecule has 0 aliphatic rings. The van der Waals surface area contributed by atoms with E-state index in [2.05, 4.69) is 11.9 Å². The minimum atomic E-state index is -0.202. The molecule has 36 heavy (non-hydrogen) atoms. The van der Waals surface area contributed by atoms with E-state index in [4.69, 9.17) is 9.72 Å². The highest BCUT2D eigenvalue weighted by Crippen LogP contribution is 2.26. The van der Waals surface area contributed by atoms with Crippen LogP contribution < -0.4 is 15.6 Å². The molecule has 0 spiro atoms. The number of carbonyl (C=O) groups is 1. The van der Waals surface area contributed by atoms with Crippen LogP contribution >= 0.6 is 11.8 Å². The molecule has 1 heterocycles. The van der Waals surface area contributed by atoms with Gasteiger partial charge in [-0.25, -0.2) is 4.98 Å². The normalized spacial score (nSPS) is 11.0. The van der Waals surface area contributed by atoms with Gasteiger partial charge in [-0.15, -0.1) is 0 Å². The third-order valence-corrected chi connectivity index (χ3v) is 6.68. The van der Waals surface area contributed by atoms with Crippen LogP contribution in [0.1, 0.15) is 35.3 Å². The van der Waals surface area contributed by atoms with Gasteiger partial charge in [0.15, 0.2) is 5.16 Å². The molecule has 0 unspecified atom stereocenters. The van der Waals surface area contributed by atoms with Gasteiger partial charge in [0.25, 0.3) is 11.5 Å². The molecule has 3 aromatic carbocycles. The van der Waals surface area contributed by atoms with E-state index < -0.39 is 0 Å². The maximum atomic E-state index is 13.7. The van der Waals surface area contributed by atoms with E-state index in [1.54, 1.807) is 36.0 Å². The maximum absolute atomic E-state index is 13.7. The second kappa shape index (κ2) is 11.3. The van der Waals surface area contributed by atoms with Gasteiger partial charge >= 0.3 is 0 Å². The fraction of sp³-hybridized carbons (Fsp3) is 0.207. The molecule has 0 saturated heterocycles. The number of amides is 1. The predicted octanol–water partition coefficient (Wildman–Crippen LogP) is 5.72. The van der Waals surface area contributed by atoms with Crippen LogP contribution in [0, 0.1) is 5.92 Å². The van der Waals surface area contributed by atoms with E-state index in [9.17, 15) is 9.59 Å². The summed E-state index contributed by atoms with van der Waals surface area (Å²) in [6.45, 7) is 8.46. The molecule has 0 saturated carbocycles. The molecule has 0 bridgehead atoms. The van der Waals surface area contributed by atoms with Gasteiger partial charge in [-0.2, -0.15) is 0 Å². The molecule has 4 rings (SSSR count). The molecule has 0 aliphatic carbocycles. The van der Waals surface area contributed by atoms with Crippen molar-refractivity contribution in [2.24, 2.45) is 5.92 Å². The number of nitrogens with zero attached hydrogens (tertiary/aromatic N) is 2. The van der Waals surface area contributed by atoms with E-state index >= 15 is 0 Å². The largest absolute Gasteiger partial charge is 0.497 e. The highest BCUT2D eigenvalue weighted by atomic mass is 32.2. The number of benzene rings is 3. The van der Waals surface area contributed by atoms with Gasteiger partial charge in [-0.1, -0.05) is 68.6 Å². The number of hydrogen-bond acceptors (Lipinski definition) is 5. The minimum absolute atomic E-state index is 0.180. The van der Waals surface area contributed by atoms with Gasteiger partial charge in [-0.3, -0.25) is 14.2 Å². The lowest BCUT2D eigenvalue weighted by Crippen LogP contribution is -2.27. The summed E-state index contributed by atoms with van der Waals surface area (Å²) in [6, 6.07) is 20.5. The molecule has 0 fully saturated rings. The van der Waals surface area contributed by atoms with Crippen LogP contribution in [-0.4, -0.2) is 29.1 Å². The molecule has 0 atom stereocenters. The average molecular weight is 500 g/mol. The molecule has 4 aromatic rings. The van der Waals surface area contributed by atoms with Crippen LogP contribution in [0.5, 0.6) is 5.75 Å². The van der Waals surface area contributed by atoms with Gasteiger partial charge in [0.1, 0.15) is 5.75 Å². The fourth-order valence-corrected chi connectivity index (χ4v) is 4.65. The highest BCUT2D eigenvalue weighted by molar-refractivity contribution is 7.98. The number of carbonyl (C=O) groups excluding carboxylic acids is 1. The van der Waals surface area contributed by atoms with Crippen molar-refractivity contribution in [3.63, 3.8) is 0 Å². The van der Waals surface area contributed by atoms with Gasteiger partial charge in [-0.05, 0) is 47.4 Å². The topological polar surface area (TPSA) is 73.2 Å². The van der Waals surface area contributed by atoms with Crippen molar-refractivity contribution in [3.8, 4) is 11.4 Å². The Labute approximate surface area is 215 Å². The lowest BCUT2D eigenvalue weighted by molar-refractivity contribution is 0.0949. The van der Waals surface area contributed by atoms with Crippen LogP contribution in [0.15, 0.2) is 83.3 Å². The highest BCUT2D eigenvalue weighted by Gasteiger charge is 2.16. The zero-order valence-electron chi connectivity index (χ0n) is 20.7. The average Bonchev–Trinajstić information content (AvgIpc) is 2.90. The standard InChI is InChI=1S/C29H29N3O3S/c1-5-20-9-11-21(12-10-20)18-36-29-31-26-15-22(27(33)30-17-19(2)3)13-14-25(26)28(34)32(29)23-7-6-8-24(16-23)35-4/h5-16,19H,1,17-18H2,2-4H3,(H,30,33). The van der Waals surface area contributed by atoms with E-state index in [0.29, 0.717) is 51.3 Å². The number of rotatable bonds is 9. The first-order chi connectivity index (χ1) is 17.4. The van der Waals surface area contributed by atoms with E-state index in [1.807, 2.05) is 62.4 Å². The van der Waals surface area contributed by atoms with E-state index in [0.717, 1.165) is 11.1 Å². The minimum Gasteiger partial charge on any atom is -0.497 e. The Morgan fingerprint density at radius 3 is 2.61 bits per heavy atom. The number of thioether (sulfide) groups is 1. The third-order valence-electron chi connectivity index (χ3n) is 5.67. The smallest absolute Gasteiger partial charge is 0.266 e. The summed E-state index contributed by atoms with van der Waals surface area (Å²) >= 11 is 1.46. The van der Waals surface area contributed by atoms with Crippen molar-refractivity contribution in [3.05, 3.63) is 100 Å². The number of ether oxygens (including phenoxy) is 1. The van der Waals surface area contributed by atoms with Gasteiger partial charge in [0.05, 0.1) is 23.7 Å². The summed E-state index contributed by atoms with van der Waals surface area (Å²) in [5.41, 5.74) is 3.57. The first kappa shape index (κ1) is 25.3. The SMILES string of the molecule is C=Cc1ccc(CSc2nc3cc(C(=O)NCC(C)C)ccc3c(=O)n2-c2cccc(OC)c2)cc1. The number of nitrogens with one attached hydrogen (secondary N) is 1. The molecule has 6 nitrogen and oxygen atoms in total. The van der Waals surface area contributed by atoms with Crippen LogP contribution in [0.3, 0.4) is 0 Å². The Morgan fingerprint density at radius 1 is 1.14 bits per heavy atom. The van der Waals surface area contributed by atoms with E-state index in [-0.39, 0.29) is 11.5 Å². The van der Waals surface area contributed by atoms with Crippen molar-refractivity contribution >= 4 is 34.6 Å². The van der Waals surface area contributed by atoms with Crippen LogP contribution in [-0.2, 0) is 5.75 Å². The van der Waals surface area contributed by atoms with Crippen molar-refractivity contribution in [2.45, 2.75) is 24.8 Å². The lowest BCUT2D eigenvalue weighted by Gasteiger charge is -2.15. The quantitative estimate of drug-likeness (QED) is 0.236. The zero-order valence-corrected chi connectivity index (χ0v) is 21.5. The summed E-state index contributed by atoms with van der Waals surface area (Å²) in [5, 5.41) is 3.90. The van der Waals surface area contributed by atoms with Crippen molar-refractivity contribution in [1.29, 1.82) is 0 Å². The second-order valence-corrected chi connectivity index (χ2v) is 9.75. The molecular formula is C29H29N3O3S. The predicted molar refractivity (Wildman–Crippen MR) is 147 cm³/mol. The molecule has 184 valence electrons. The Hall–Kier alpha value is -3.84. The third kappa shape index (κ3) is 5.69. The van der Waals surface area contributed by atoms with Crippen molar-refractivity contribution in [1.82, 2.24) is 14.9 Å². The zero-order chi connectivity index (χ0) is 25.7. The van der Waals surface area contributed by atoms with Gasteiger partial charge < -0.3 is 10.1 Å². The number of fused-ring (bicyclic) bond motifs is 1. The van der Waals surface area contributed by atoms with Crippen LogP contribution in [0.4, 0.5) is 0 Å². The first-order valence-electron chi connectivity index (χ1n) is 11.7.